The molecule has 1 atom stereocenters. The normalized spacial score (nSPS) is 30.6. The average molecular weight is 272 g/mol. The Morgan fingerprint density at radius 2 is 2.00 bits per heavy atom. The van der Waals surface area contributed by atoms with Crippen LogP contribution in [0.3, 0.4) is 0 Å². The second-order valence-corrected chi connectivity index (χ2v) is 7.00. The fraction of sp³-hybridized carbons (Fsp3) is 0.700. The molecule has 0 saturated heterocycles. The van der Waals surface area contributed by atoms with Crippen LogP contribution in [0.5, 0.6) is 0 Å². The van der Waals surface area contributed by atoms with Gasteiger partial charge in [0.2, 0.25) is 0 Å². The number of hydrogen-bond acceptors (Lipinski definition) is 0. The summed E-state index contributed by atoms with van der Waals surface area (Å²) in [5, 5.41) is 0. The van der Waals surface area contributed by atoms with E-state index in [1.54, 1.807) is 11.1 Å². The Morgan fingerprint density at radius 3 is 2.65 bits per heavy atom. The Hall–Kier alpha value is -0.780. The molecule has 0 aromatic heterocycles. The van der Waals surface area contributed by atoms with E-state index in [1.807, 2.05) is 0 Å². The minimum atomic E-state index is 0.762. The molecule has 0 aliphatic heterocycles. The molecule has 0 amide bonds. The maximum absolute atomic E-state index is 3.85. The van der Waals surface area contributed by atoms with Crippen molar-refractivity contribution in [2.45, 2.75) is 71.6 Å². The lowest BCUT2D eigenvalue weighted by Crippen LogP contribution is -2.14. The maximum atomic E-state index is 3.85. The third-order valence-electron chi connectivity index (χ3n) is 5.34. The molecule has 2 aliphatic rings. The van der Waals surface area contributed by atoms with Crippen LogP contribution in [0.4, 0.5) is 0 Å². The molecule has 2 rings (SSSR count). The zero-order valence-electron chi connectivity index (χ0n) is 13.5. The first-order chi connectivity index (χ1) is 9.72. The van der Waals surface area contributed by atoms with Crippen LogP contribution in [0.1, 0.15) is 71.6 Å². The lowest BCUT2D eigenvalue weighted by molar-refractivity contribution is 0.288. The quantitative estimate of drug-likeness (QED) is 0.487. The third-order valence-corrected chi connectivity index (χ3v) is 5.34. The molecule has 1 saturated carbocycles. The fourth-order valence-electron chi connectivity index (χ4n) is 3.84. The SMILES string of the molecule is C=CCCC1C=CC(CC2CCC(C)CC2)=C(CC)C1. The molecule has 2 aliphatic carbocycles. The monoisotopic (exact) mass is 272 g/mol. The summed E-state index contributed by atoms with van der Waals surface area (Å²) in [7, 11) is 0. The molecule has 0 heterocycles. The van der Waals surface area contributed by atoms with Gasteiger partial charge in [0.15, 0.2) is 0 Å². The average Bonchev–Trinajstić information content (AvgIpc) is 2.48. The summed E-state index contributed by atoms with van der Waals surface area (Å²) >= 11 is 0. The highest BCUT2D eigenvalue weighted by atomic mass is 14.3. The lowest BCUT2D eigenvalue weighted by Gasteiger charge is -2.29. The van der Waals surface area contributed by atoms with Gasteiger partial charge in [-0.05, 0) is 68.3 Å². The molecule has 1 fully saturated rings. The Kier molecular flexibility index (Phi) is 6.13. The van der Waals surface area contributed by atoms with E-state index in [0.29, 0.717) is 0 Å². The van der Waals surface area contributed by atoms with Gasteiger partial charge in [0.1, 0.15) is 0 Å². The van der Waals surface area contributed by atoms with Crippen molar-refractivity contribution in [3.05, 3.63) is 36.0 Å². The summed E-state index contributed by atoms with van der Waals surface area (Å²) < 4.78 is 0. The van der Waals surface area contributed by atoms with E-state index >= 15 is 0 Å². The van der Waals surface area contributed by atoms with Crippen molar-refractivity contribution in [1.82, 2.24) is 0 Å². The molecular weight excluding hydrogens is 240 g/mol. The molecule has 0 radical (unpaired) electrons. The highest BCUT2D eigenvalue weighted by molar-refractivity contribution is 5.31. The fourth-order valence-corrected chi connectivity index (χ4v) is 3.84. The molecule has 20 heavy (non-hydrogen) atoms. The van der Waals surface area contributed by atoms with E-state index in [2.05, 4.69) is 38.7 Å². The molecule has 112 valence electrons. The molecule has 0 nitrogen and oxygen atoms in total. The van der Waals surface area contributed by atoms with Gasteiger partial charge < -0.3 is 0 Å². The van der Waals surface area contributed by atoms with Crippen LogP contribution in [0.25, 0.3) is 0 Å². The van der Waals surface area contributed by atoms with Crippen molar-refractivity contribution in [3.63, 3.8) is 0 Å². The largest absolute Gasteiger partial charge is 0.103 e. The first kappa shape index (κ1) is 15.6. The van der Waals surface area contributed by atoms with Crippen LogP contribution >= 0.6 is 0 Å². The van der Waals surface area contributed by atoms with E-state index in [1.165, 1.54) is 51.4 Å². The summed E-state index contributed by atoms with van der Waals surface area (Å²) in [6, 6.07) is 0. The minimum absolute atomic E-state index is 0.762. The summed E-state index contributed by atoms with van der Waals surface area (Å²) in [6.07, 6.45) is 19.1. The molecular formula is C20H32. The summed E-state index contributed by atoms with van der Waals surface area (Å²) in [6.45, 7) is 8.60. The second kappa shape index (κ2) is 7.86. The second-order valence-electron chi connectivity index (χ2n) is 7.00. The van der Waals surface area contributed by atoms with Crippen LogP contribution in [-0.2, 0) is 0 Å². The molecule has 0 spiro atoms. The molecule has 0 bridgehead atoms. The molecule has 0 heteroatoms. The van der Waals surface area contributed by atoms with Crippen molar-refractivity contribution < 1.29 is 0 Å². The van der Waals surface area contributed by atoms with Gasteiger partial charge in [-0.2, -0.15) is 0 Å². The van der Waals surface area contributed by atoms with Crippen molar-refractivity contribution in [2.24, 2.45) is 17.8 Å². The van der Waals surface area contributed by atoms with Gasteiger partial charge in [0.25, 0.3) is 0 Å². The van der Waals surface area contributed by atoms with Crippen molar-refractivity contribution in [2.75, 3.05) is 0 Å². The molecule has 0 aromatic rings. The van der Waals surface area contributed by atoms with E-state index in [0.717, 1.165) is 24.2 Å². The van der Waals surface area contributed by atoms with E-state index < -0.39 is 0 Å². The van der Waals surface area contributed by atoms with Crippen LogP contribution in [0.2, 0.25) is 0 Å². The van der Waals surface area contributed by atoms with Gasteiger partial charge in [0.05, 0.1) is 0 Å². The zero-order chi connectivity index (χ0) is 14.4. The Bertz CT molecular complexity index is 363. The highest BCUT2D eigenvalue weighted by Gasteiger charge is 2.21. The standard InChI is InChI=1S/C20H32/c1-4-6-7-17-12-13-20(19(5-2)14-17)15-18-10-8-16(3)9-11-18/h4,12-13,16-18H,1,5-11,14-15H2,2-3H3. The summed E-state index contributed by atoms with van der Waals surface area (Å²) in [4.78, 5) is 0. The first-order valence-electron chi connectivity index (χ1n) is 8.72. The van der Waals surface area contributed by atoms with Gasteiger partial charge in [-0.25, -0.2) is 0 Å². The first-order valence-corrected chi connectivity index (χ1v) is 8.72. The van der Waals surface area contributed by atoms with E-state index in [-0.39, 0.29) is 0 Å². The number of hydrogen-bond donors (Lipinski definition) is 0. The van der Waals surface area contributed by atoms with Crippen LogP contribution in [0.15, 0.2) is 36.0 Å². The van der Waals surface area contributed by atoms with Gasteiger partial charge in [0, 0.05) is 0 Å². The van der Waals surface area contributed by atoms with E-state index in [9.17, 15) is 0 Å². The maximum Gasteiger partial charge on any atom is -0.0190 e. The third kappa shape index (κ3) is 4.36. The predicted octanol–water partition coefficient (Wildman–Crippen LogP) is 6.45. The van der Waals surface area contributed by atoms with Crippen molar-refractivity contribution >= 4 is 0 Å². The Labute approximate surface area is 126 Å². The molecule has 0 aromatic carbocycles. The minimum Gasteiger partial charge on any atom is -0.103 e. The molecule has 1 unspecified atom stereocenters. The van der Waals surface area contributed by atoms with Crippen LogP contribution < -0.4 is 0 Å². The Morgan fingerprint density at radius 1 is 1.25 bits per heavy atom. The van der Waals surface area contributed by atoms with Crippen molar-refractivity contribution in [1.29, 1.82) is 0 Å². The smallest absolute Gasteiger partial charge is 0.0190 e. The number of allylic oxidation sites excluding steroid dienone is 5. The zero-order valence-corrected chi connectivity index (χ0v) is 13.5. The topological polar surface area (TPSA) is 0 Å². The number of rotatable bonds is 6. The van der Waals surface area contributed by atoms with Gasteiger partial charge in [-0.3, -0.25) is 0 Å². The van der Waals surface area contributed by atoms with Gasteiger partial charge in [-0.1, -0.05) is 50.5 Å². The van der Waals surface area contributed by atoms with Crippen molar-refractivity contribution in [3.8, 4) is 0 Å². The van der Waals surface area contributed by atoms with Crippen LogP contribution in [-0.4, -0.2) is 0 Å². The summed E-state index contributed by atoms with van der Waals surface area (Å²) in [5.41, 5.74) is 3.42. The predicted molar refractivity (Wildman–Crippen MR) is 89.7 cm³/mol. The van der Waals surface area contributed by atoms with Gasteiger partial charge >= 0.3 is 0 Å². The van der Waals surface area contributed by atoms with Crippen LogP contribution in [0, 0.1) is 17.8 Å². The highest BCUT2D eigenvalue weighted by Crippen LogP contribution is 2.37. The van der Waals surface area contributed by atoms with Gasteiger partial charge in [-0.15, -0.1) is 6.58 Å². The Balaban J connectivity index is 1.91. The lowest BCUT2D eigenvalue weighted by atomic mass is 9.77. The van der Waals surface area contributed by atoms with E-state index in [4.69, 9.17) is 0 Å². The summed E-state index contributed by atoms with van der Waals surface area (Å²) in [5.74, 6) is 2.69. The molecule has 0 N–H and O–H groups in total.